The molecule has 4 rings (SSSR count). The molecule has 0 heterocycles. The predicted molar refractivity (Wildman–Crippen MR) is 154 cm³/mol. The topological polar surface area (TPSA) is 114 Å². The molecule has 2 aliphatic carbocycles. The van der Waals surface area contributed by atoms with Gasteiger partial charge in [-0.2, -0.15) is 0 Å². The van der Waals surface area contributed by atoms with E-state index in [4.69, 9.17) is 9.47 Å². The fourth-order valence-corrected chi connectivity index (χ4v) is 5.66. The van der Waals surface area contributed by atoms with Crippen LogP contribution in [0.2, 0.25) is 0 Å². The Bertz CT molecular complexity index is 1300. The van der Waals surface area contributed by atoms with Crippen LogP contribution in [-0.2, 0) is 19.1 Å². The number of hydrogen-bond acceptors (Lipinski definition) is 7. The third kappa shape index (κ3) is 6.61. The number of aliphatic hydroxyl groups excluding tert-OH is 1. The number of methoxy groups -OCH3 is 1. The molecule has 0 saturated heterocycles. The Morgan fingerprint density at radius 2 is 1.68 bits per heavy atom. The average molecular weight is 547 g/mol. The fraction of sp³-hybridized carbons (Fsp3) is 0.438. The number of esters is 1. The van der Waals surface area contributed by atoms with Crippen molar-refractivity contribution in [2.24, 2.45) is 10.4 Å². The standard InChI is InChI=1S/C32H38N2O6/c1-20(29-27(35)17-32(2,3)18-28(29)36)33-16-10-9-15-26(30(37)39-4)34-31(38)40-19-25-23-13-7-5-11-21(23)22-12-6-8-14-24(22)25/h5-8,11-14,25-26,35H,9-10,15-19H2,1-4H3,(H,34,38). The number of Topliss-reactive ketones (excluding diaryl/α,β-unsaturated/α-hetero) is 1. The minimum absolute atomic E-state index is 0.0764. The molecule has 212 valence electrons. The summed E-state index contributed by atoms with van der Waals surface area (Å²) < 4.78 is 10.5. The Labute approximate surface area is 235 Å². The summed E-state index contributed by atoms with van der Waals surface area (Å²) in [6.45, 7) is 6.23. The van der Waals surface area contributed by atoms with Crippen molar-refractivity contribution in [1.29, 1.82) is 0 Å². The van der Waals surface area contributed by atoms with Crippen molar-refractivity contribution in [3.63, 3.8) is 0 Å². The maximum absolute atomic E-state index is 12.7. The maximum Gasteiger partial charge on any atom is 0.407 e. The molecule has 0 aromatic heterocycles. The second kappa shape index (κ2) is 12.5. The van der Waals surface area contributed by atoms with Crippen LogP contribution in [0, 0.1) is 5.41 Å². The number of alkyl carbamates (subject to hydrolysis) is 1. The molecule has 1 amide bonds. The van der Waals surface area contributed by atoms with E-state index in [0.717, 1.165) is 22.3 Å². The number of fused-ring (bicyclic) bond motifs is 3. The van der Waals surface area contributed by atoms with Crippen LogP contribution < -0.4 is 5.32 Å². The van der Waals surface area contributed by atoms with Crippen LogP contribution in [0.1, 0.15) is 69.9 Å². The second-order valence-electron chi connectivity index (χ2n) is 11.3. The van der Waals surface area contributed by atoms with Crippen molar-refractivity contribution in [3.05, 3.63) is 71.0 Å². The highest BCUT2D eigenvalue weighted by Crippen LogP contribution is 2.44. The molecular formula is C32H38N2O6. The molecule has 8 nitrogen and oxygen atoms in total. The van der Waals surface area contributed by atoms with Crippen LogP contribution in [0.25, 0.3) is 11.1 Å². The van der Waals surface area contributed by atoms with Crippen LogP contribution in [-0.4, -0.2) is 55.0 Å². The lowest BCUT2D eigenvalue weighted by Crippen LogP contribution is -2.42. The number of nitrogens with one attached hydrogen (secondary N) is 1. The number of carbonyl (C=O) groups is 3. The molecule has 0 bridgehead atoms. The highest BCUT2D eigenvalue weighted by Gasteiger charge is 2.34. The van der Waals surface area contributed by atoms with Crippen molar-refractivity contribution >= 4 is 23.6 Å². The van der Waals surface area contributed by atoms with E-state index in [2.05, 4.69) is 22.4 Å². The monoisotopic (exact) mass is 546 g/mol. The van der Waals surface area contributed by atoms with Crippen LogP contribution in [0.3, 0.4) is 0 Å². The van der Waals surface area contributed by atoms with Crippen LogP contribution >= 0.6 is 0 Å². The molecule has 0 fully saturated rings. The number of aliphatic hydroxyl groups is 1. The number of hydrogen-bond donors (Lipinski definition) is 2. The van der Waals surface area contributed by atoms with E-state index < -0.39 is 18.1 Å². The normalized spacial score (nSPS) is 17.2. The Hall–Kier alpha value is -3.94. The zero-order valence-corrected chi connectivity index (χ0v) is 23.7. The van der Waals surface area contributed by atoms with Crippen molar-refractivity contribution in [3.8, 4) is 11.1 Å². The molecule has 0 spiro atoms. The van der Waals surface area contributed by atoms with Gasteiger partial charge in [0, 0.05) is 31.0 Å². The number of nitrogens with zero attached hydrogens (tertiary/aromatic N) is 1. The number of allylic oxidation sites excluding steroid dienone is 2. The lowest BCUT2D eigenvalue weighted by molar-refractivity contribution is -0.143. The van der Waals surface area contributed by atoms with E-state index >= 15 is 0 Å². The van der Waals surface area contributed by atoms with Crippen molar-refractivity contribution in [2.45, 2.75) is 64.8 Å². The van der Waals surface area contributed by atoms with Crippen LogP contribution in [0.15, 0.2) is 64.9 Å². The van der Waals surface area contributed by atoms with E-state index in [-0.39, 0.29) is 29.5 Å². The van der Waals surface area contributed by atoms with E-state index in [9.17, 15) is 19.5 Å². The number of unbranched alkanes of at least 4 members (excludes halogenated alkanes) is 1. The molecule has 8 heteroatoms. The van der Waals surface area contributed by atoms with Gasteiger partial charge in [0.25, 0.3) is 0 Å². The molecular weight excluding hydrogens is 508 g/mol. The molecule has 40 heavy (non-hydrogen) atoms. The Kier molecular flexibility index (Phi) is 9.07. The Morgan fingerprint density at radius 1 is 1.05 bits per heavy atom. The van der Waals surface area contributed by atoms with Gasteiger partial charge in [-0.1, -0.05) is 62.4 Å². The third-order valence-electron chi connectivity index (χ3n) is 7.59. The largest absolute Gasteiger partial charge is 0.511 e. The summed E-state index contributed by atoms with van der Waals surface area (Å²) in [7, 11) is 1.28. The van der Waals surface area contributed by atoms with Crippen molar-refractivity contribution < 1.29 is 29.0 Å². The van der Waals surface area contributed by atoms with Gasteiger partial charge in [0.15, 0.2) is 5.78 Å². The van der Waals surface area contributed by atoms with Crippen molar-refractivity contribution in [1.82, 2.24) is 5.32 Å². The fourth-order valence-electron chi connectivity index (χ4n) is 5.66. The second-order valence-corrected chi connectivity index (χ2v) is 11.3. The number of aliphatic imine (C=N–C) groups is 1. The quantitative estimate of drug-likeness (QED) is 0.218. The molecule has 0 aliphatic heterocycles. The molecule has 2 aromatic rings. The third-order valence-corrected chi connectivity index (χ3v) is 7.59. The summed E-state index contributed by atoms with van der Waals surface area (Å²) in [5.74, 6) is -0.611. The van der Waals surface area contributed by atoms with Gasteiger partial charge >= 0.3 is 12.1 Å². The lowest BCUT2D eigenvalue weighted by Gasteiger charge is -2.29. The first-order chi connectivity index (χ1) is 19.1. The SMILES string of the molecule is COC(=O)C(CCCCN=C(C)C1=C(O)CC(C)(C)CC1=O)NC(=O)OCC1c2ccccc2-c2ccccc21. The first kappa shape index (κ1) is 29.1. The summed E-state index contributed by atoms with van der Waals surface area (Å²) in [6, 6.07) is 15.3. The van der Waals surface area contributed by atoms with Gasteiger partial charge < -0.3 is 19.9 Å². The van der Waals surface area contributed by atoms with Gasteiger partial charge in [0.1, 0.15) is 18.4 Å². The maximum atomic E-state index is 12.7. The molecule has 0 saturated carbocycles. The minimum atomic E-state index is -0.848. The van der Waals surface area contributed by atoms with Crippen molar-refractivity contribution in [2.75, 3.05) is 20.3 Å². The molecule has 2 aliphatic rings. The summed E-state index contributed by atoms with van der Waals surface area (Å²) in [5, 5.41) is 13.0. The van der Waals surface area contributed by atoms with E-state index in [1.165, 1.54) is 7.11 Å². The van der Waals surface area contributed by atoms with Gasteiger partial charge in [0.2, 0.25) is 0 Å². The number of amides is 1. The van der Waals surface area contributed by atoms with E-state index in [0.29, 0.717) is 49.9 Å². The molecule has 2 N–H and O–H groups in total. The molecule has 0 radical (unpaired) electrons. The zero-order valence-electron chi connectivity index (χ0n) is 23.7. The van der Waals surface area contributed by atoms with Gasteiger partial charge in [-0.3, -0.25) is 9.79 Å². The van der Waals surface area contributed by atoms with Gasteiger partial charge in [0.05, 0.1) is 12.7 Å². The Morgan fingerprint density at radius 3 is 2.27 bits per heavy atom. The summed E-state index contributed by atoms with van der Waals surface area (Å²) in [6.07, 6.45) is 1.72. The molecule has 2 aromatic carbocycles. The number of carbonyl (C=O) groups excluding carboxylic acids is 3. The smallest absolute Gasteiger partial charge is 0.407 e. The first-order valence-electron chi connectivity index (χ1n) is 13.8. The van der Waals surface area contributed by atoms with Gasteiger partial charge in [-0.05, 0) is 53.9 Å². The highest BCUT2D eigenvalue weighted by molar-refractivity contribution is 6.22. The molecule has 1 unspecified atom stereocenters. The molecule has 1 atom stereocenters. The summed E-state index contributed by atoms with van der Waals surface area (Å²) in [4.78, 5) is 42.0. The van der Waals surface area contributed by atoms with Gasteiger partial charge in [-0.25, -0.2) is 9.59 Å². The average Bonchev–Trinajstić information content (AvgIpc) is 3.23. The summed E-state index contributed by atoms with van der Waals surface area (Å²) in [5.41, 5.74) is 5.09. The first-order valence-corrected chi connectivity index (χ1v) is 13.8. The number of ketones is 1. The van der Waals surface area contributed by atoms with E-state index in [1.54, 1.807) is 6.92 Å². The van der Waals surface area contributed by atoms with E-state index in [1.807, 2.05) is 50.2 Å². The van der Waals surface area contributed by atoms with Crippen LogP contribution in [0.5, 0.6) is 0 Å². The lowest BCUT2D eigenvalue weighted by atomic mass is 9.76. The number of rotatable bonds is 10. The number of ether oxygens (including phenoxy) is 2. The Balaban J connectivity index is 1.29. The summed E-state index contributed by atoms with van der Waals surface area (Å²) >= 11 is 0. The predicted octanol–water partition coefficient (Wildman–Crippen LogP) is 5.90. The highest BCUT2D eigenvalue weighted by atomic mass is 16.6. The number of benzene rings is 2. The van der Waals surface area contributed by atoms with Crippen LogP contribution in [0.4, 0.5) is 4.79 Å². The van der Waals surface area contributed by atoms with Gasteiger partial charge in [-0.15, -0.1) is 0 Å². The minimum Gasteiger partial charge on any atom is -0.511 e. The zero-order chi connectivity index (χ0) is 28.9.